The van der Waals surface area contributed by atoms with Gasteiger partial charge in [-0.2, -0.15) is 0 Å². The summed E-state index contributed by atoms with van der Waals surface area (Å²) in [4.78, 5) is 13.8. The van der Waals surface area contributed by atoms with Gasteiger partial charge in [0.15, 0.2) is 0 Å². The van der Waals surface area contributed by atoms with Crippen LogP contribution in [-0.4, -0.2) is 48.3 Å². The Bertz CT molecular complexity index is 341. The quantitative estimate of drug-likeness (QED) is 0.847. The SMILES string of the molecule is O=C(c1ccoc1)N1CCC(OCCO)CC1. The molecule has 1 fully saturated rings. The number of aliphatic hydroxyl groups excluding tert-OH is 1. The number of ether oxygens (including phenoxy) is 1. The van der Waals surface area contributed by atoms with Crippen LogP contribution in [0.2, 0.25) is 0 Å². The molecule has 0 spiro atoms. The lowest BCUT2D eigenvalue weighted by atomic mass is 10.1. The Kier molecular flexibility index (Phi) is 4.17. The fourth-order valence-corrected chi connectivity index (χ4v) is 2.01. The highest BCUT2D eigenvalue weighted by Gasteiger charge is 2.24. The van der Waals surface area contributed by atoms with Gasteiger partial charge < -0.3 is 19.2 Å². The van der Waals surface area contributed by atoms with E-state index in [0.29, 0.717) is 25.3 Å². The van der Waals surface area contributed by atoms with Crippen LogP contribution in [0.15, 0.2) is 23.0 Å². The summed E-state index contributed by atoms with van der Waals surface area (Å²) < 4.78 is 10.3. The minimum absolute atomic E-state index is 0.0133. The first-order valence-corrected chi connectivity index (χ1v) is 5.85. The summed E-state index contributed by atoms with van der Waals surface area (Å²) in [7, 11) is 0. The second kappa shape index (κ2) is 5.84. The molecule has 2 heterocycles. The van der Waals surface area contributed by atoms with Gasteiger partial charge in [0.25, 0.3) is 5.91 Å². The first-order valence-electron chi connectivity index (χ1n) is 5.85. The molecule has 94 valence electrons. The van der Waals surface area contributed by atoms with Crippen molar-refractivity contribution < 1.29 is 19.1 Å². The Hall–Kier alpha value is -1.33. The van der Waals surface area contributed by atoms with Crippen molar-refractivity contribution in [1.29, 1.82) is 0 Å². The van der Waals surface area contributed by atoms with E-state index in [0.717, 1.165) is 12.8 Å². The zero-order valence-corrected chi connectivity index (χ0v) is 9.67. The molecule has 1 aromatic heterocycles. The Morgan fingerprint density at radius 2 is 2.29 bits per heavy atom. The van der Waals surface area contributed by atoms with Crippen molar-refractivity contribution in [1.82, 2.24) is 4.90 Å². The zero-order chi connectivity index (χ0) is 12.1. The largest absolute Gasteiger partial charge is 0.472 e. The molecule has 0 aliphatic carbocycles. The van der Waals surface area contributed by atoms with Gasteiger partial charge in [0.1, 0.15) is 6.26 Å². The van der Waals surface area contributed by atoms with Crippen LogP contribution in [0.4, 0.5) is 0 Å². The summed E-state index contributed by atoms with van der Waals surface area (Å²) >= 11 is 0. The fraction of sp³-hybridized carbons (Fsp3) is 0.583. The van der Waals surface area contributed by atoms with E-state index in [4.69, 9.17) is 14.3 Å². The number of nitrogens with zero attached hydrogens (tertiary/aromatic N) is 1. The number of rotatable bonds is 4. The van der Waals surface area contributed by atoms with E-state index in [1.54, 1.807) is 6.07 Å². The van der Waals surface area contributed by atoms with Crippen LogP contribution in [0.1, 0.15) is 23.2 Å². The summed E-state index contributed by atoms with van der Waals surface area (Å²) in [5.41, 5.74) is 0.597. The third-order valence-corrected chi connectivity index (χ3v) is 2.94. The molecule has 1 aliphatic rings. The number of piperidine rings is 1. The number of hydrogen-bond donors (Lipinski definition) is 1. The van der Waals surface area contributed by atoms with Crippen LogP contribution in [-0.2, 0) is 4.74 Å². The highest BCUT2D eigenvalue weighted by molar-refractivity contribution is 5.93. The van der Waals surface area contributed by atoms with Crippen molar-refractivity contribution in [2.45, 2.75) is 18.9 Å². The molecule has 1 aromatic rings. The van der Waals surface area contributed by atoms with Crippen molar-refractivity contribution >= 4 is 5.91 Å². The van der Waals surface area contributed by atoms with Crippen molar-refractivity contribution in [2.24, 2.45) is 0 Å². The Morgan fingerprint density at radius 3 is 2.88 bits per heavy atom. The van der Waals surface area contributed by atoms with E-state index < -0.39 is 0 Å². The minimum Gasteiger partial charge on any atom is -0.472 e. The molecule has 0 atom stereocenters. The monoisotopic (exact) mass is 239 g/mol. The second-order valence-electron chi connectivity index (χ2n) is 4.10. The molecule has 1 amide bonds. The molecule has 0 unspecified atom stereocenters. The van der Waals surface area contributed by atoms with Crippen LogP contribution in [0.5, 0.6) is 0 Å². The molecule has 1 N–H and O–H groups in total. The summed E-state index contributed by atoms with van der Waals surface area (Å²) in [6.45, 7) is 1.81. The predicted octanol–water partition coefficient (Wildman–Crippen LogP) is 0.893. The molecule has 5 nitrogen and oxygen atoms in total. The van der Waals surface area contributed by atoms with Gasteiger partial charge in [0, 0.05) is 13.1 Å². The van der Waals surface area contributed by atoms with Crippen molar-refractivity contribution in [3.05, 3.63) is 24.2 Å². The van der Waals surface area contributed by atoms with Gasteiger partial charge in [0.2, 0.25) is 0 Å². The van der Waals surface area contributed by atoms with Gasteiger partial charge in [-0.1, -0.05) is 0 Å². The summed E-state index contributed by atoms with van der Waals surface area (Å²) in [6, 6.07) is 1.68. The van der Waals surface area contributed by atoms with E-state index >= 15 is 0 Å². The summed E-state index contributed by atoms with van der Waals surface area (Å²) in [5.74, 6) is 0.0133. The van der Waals surface area contributed by atoms with Gasteiger partial charge in [-0.3, -0.25) is 4.79 Å². The average molecular weight is 239 g/mol. The van der Waals surface area contributed by atoms with E-state index in [1.165, 1.54) is 12.5 Å². The topological polar surface area (TPSA) is 62.9 Å². The van der Waals surface area contributed by atoms with Gasteiger partial charge >= 0.3 is 0 Å². The lowest BCUT2D eigenvalue weighted by molar-refractivity contribution is -0.00555. The maximum Gasteiger partial charge on any atom is 0.257 e. The van der Waals surface area contributed by atoms with Gasteiger partial charge in [-0.25, -0.2) is 0 Å². The smallest absolute Gasteiger partial charge is 0.257 e. The standard InChI is InChI=1S/C12H17NO4/c14-6-8-17-11-1-4-13(5-2-11)12(15)10-3-7-16-9-10/h3,7,9,11,14H,1-2,4-6,8H2. The molecule has 2 rings (SSSR count). The number of aliphatic hydroxyl groups is 1. The van der Waals surface area contributed by atoms with Gasteiger partial charge in [-0.15, -0.1) is 0 Å². The molecule has 1 aliphatic heterocycles. The number of hydrogen-bond acceptors (Lipinski definition) is 4. The third-order valence-electron chi connectivity index (χ3n) is 2.94. The minimum atomic E-state index is 0.0133. The Balaban J connectivity index is 1.81. The van der Waals surface area contributed by atoms with Crippen LogP contribution < -0.4 is 0 Å². The summed E-state index contributed by atoms with van der Waals surface area (Å²) in [5, 5.41) is 8.66. The number of furan rings is 1. The summed E-state index contributed by atoms with van der Waals surface area (Å²) in [6.07, 6.45) is 4.78. The molecule has 17 heavy (non-hydrogen) atoms. The molecule has 0 bridgehead atoms. The highest BCUT2D eigenvalue weighted by atomic mass is 16.5. The molecule has 0 radical (unpaired) electrons. The predicted molar refractivity (Wildman–Crippen MR) is 60.7 cm³/mol. The molecular formula is C12H17NO4. The molecule has 5 heteroatoms. The van der Waals surface area contributed by atoms with Crippen LogP contribution in [0, 0.1) is 0 Å². The fourth-order valence-electron chi connectivity index (χ4n) is 2.01. The molecule has 0 saturated carbocycles. The third kappa shape index (κ3) is 3.08. The van der Waals surface area contributed by atoms with Crippen molar-refractivity contribution in [2.75, 3.05) is 26.3 Å². The Morgan fingerprint density at radius 1 is 1.53 bits per heavy atom. The van der Waals surface area contributed by atoms with Gasteiger partial charge in [0.05, 0.1) is 31.1 Å². The number of carbonyl (C=O) groups is 1. The van der Waals surface area contributed by atoms with Crippen LogP contribution in [0.3, 0.4) is 0 Å². The second-order valence-corrected chi connectivity index (χ2v) is 4.10. The van der Waals surface area contributed by atoms with Crippen LogP contribution >= 0.6 is 0 Å². The average Bonchev–Trinajstić information content (AvgIpc) is 2.90. The van der Waals surface area contributed by atoms with Gasteiger partial charge in [-0.05, 0) is 18.9 Å². The highest BCUT2D eigenvalue weighted by Crippen LogP contribution is 2.16. The van der Waals surface area contributed by atoms with Crippen molar-refractivity contribution in [3.8, 4) is 0 Å². The van der Waals surface area contributed by atoms with E-state index in [1.807, 2.05) is 4.90 Å². The molecule has 0 aromatic carbocycles. The maximum absolute atomic E-state index is 12.0. The first-order chi connectivity index (χ1) is 8.31. The lowest BCUT2D eigenvalue weighted by Gasteiger charge is -2.31. The first kappa shape index (κ1) is 12.1. The Labute approximate surface area is 100.0 Å². The number of likely N-dealkylation sites (tertiary alicyclic amines) is 1. The number of carbonyl (C=O) groups excluding carboxylic acids is 1. The molecular weight excluding hydrogens is 222 g/mol. The maximum atomic E-state index is 12.0. The van der Waals surface area contributed by atoms with E-state index in [-0.39, 0.29) is 18.6 Å². The number of amides is 1. The van der Waals surface area contributed by atoms with E-state index in [2.05, 4.69) is 0 Å². The van der Waals surface area contributed by atoms with Crippen LogP contribution in [0.25, 0.3) is 0 Å². The zero-order valence-electron chi connectivity index (χ0n) is 9.67. The normalized spacial score (nSPS) is 17.4. The van der Waals surface area contributed by atoms with E-state index in [9.17, 15) is 4.79 Å². The molecule has 1 saturated heterocycles. The van der Waals surface area contributed by atoms with Crippen molar-refractivity contribution in [3.63, 3.8) is 0 Å². The lowest BCUT2D eigenvalue weighted by Crippen LogP contribution is -2.41.